The van der Waals surface area contributed by atoms with E-state index >= 15 is 0 Å². The van der Waals surface area contributed by atoms with Gasteiger partial charge in [0, 0.05) is 52.9 Å². The first-order chi connectivity index (χ1) is 13.3. The number of carbonyl (C=O) groups is 1. The molecule has 2 rings (SSSR count). The van der Waals surface area contributed by atoms with E-state index in [9.17, 15) is 4.79 Å². The first-order valence-electron chi connectivity index (χ1n) is 9.95. The van der Waals surface area contributed by atoms with Gasteiger partial charge in [-0.05, 0) is 49.1 Å². The highest BCUT2D eigenvalue weighted by Gasteiger charge is 2.25. The van der Waals surface area contributed by atoms with Gasteiger partial charge in [-0.1, -0.05) is 6.92 Å². The molecule has 1 amide bonds. The molecule has 1 atom stereocenters. The largest absolute Gasteiger partial charge is 0.444 e. The van der Waals surface area contributed by atoms with Crippen molar-refractivity contribution in [2.75, 3.05) is 52.9 Å². The number of thiophene rings is 1. The molecule has 2 heterocycles. The van der Waals surface area contributed by atoms with Gasteiger partial charge in [0.05, 0.1) is 0 Å². The van der Waals surface area contributed by atoms with Gasteiger partial charge in [0.2, 0.25) is 0 Å². The van der Waals surface area contributed by atoms with E-state index in [0.717, 1.165) is 38.7 Å². The number of aliphatic imine (C=N–C) groups is 1. The summed E-state index contributed by atoms with van der Waals surface area (Å²) in [5.74, 6) is 1.28. The second-order valence-corrected chi connectivity index (χ2v) is 8.93. The molecule has 1 aromatic heterocycles. The first-order valence-corrected chi connectivity index (χ1v) is 10.9. The predicted molar refractivity (Wildman–Crippen MR) is 132 cm³/mol. The van der Waals surface area contributed by atoms with Gasteiger partial charge in [-0.3, -0.25) is 9.89 Å². The number of ether oxygens (including phenoxy) is 1. The zero-order valence-corrected chi connectivity index (χ0v) is 21.4. The van der Waals surface area contributed by atoms with Gasteiger partial charge in [0.15, 0.2) is 5.96 Å². The molecule has 9 heteroatoms. The van der Waals surface area contributed by atoms with Crippen LogP contribution in [0.25, 0.3) is 0 Å². The molecule has 166 valence electrons. The number of piperazine rings is 1. The third-order valence-corrected chi connectivity index (χ3v) is 5.36. The summed E-state index contributed by atoms with van der Waals surface area (Å²) in [6.45, 7) is 13.6. The first kappa shape index (κ1) is 26.0. The van der Waals surface area contributed by atoms with Gasteiger partial charge in [0.25, 0.3) is 0 Å². The van der Waals surface area contributed by atoms with Crippen LogP contribution >= 0.6 is 35.3 Å². The Balaban J connectivity index is 0.00000420. The van der Waals surface area contributed by atoms with Crippen LogP contribution in [0.5, 0.6) is 0 Å². The fourth-order valence-corrected chi connectivity index (χ4v) is 3.74. The SMILES string of the molecule is CN=C(NCCN1CCN(C(=O)OC(C)(C)C)CC1)NCC(C)c1ccsc1.I. The number of carbonyl (C=O) groups excluding carboxylic acids is 1. The molecule has 0 spiro atoms. The third kappa shape index (κ3) is 9.52. The quantitative estimate of drug-likeness (QED) is 0.332. The molecular weight excluding hydrogens is 501 g/mol. The number of halogens is 1. The number of nitrogens with zero attached hydrogens (tertiary/aromatic N) is 3. The van der Waals surface area contributed by atoms with Gasteiger partial charge in [-0.25, -0.2) is 4.79 Å². The number of amides is 1. The van der Waals surface area contributed by atoms with Crippen LogP contribution < -0.4 is 10.6 Å². The van der Waals surface area contributed by atoms with Crippen LogP contribution in [0, 0.1) is 0 Å². The van der Waals surface area contributed by atoms with Crippen LogP contribution in [-0.2, 0) is 4.74 Å². The topological polar surface area (TPSA) is 69.2 Å². The van der Waals surface area contributed by atoms with Gasteiger partial charge in [-0.15, -0.1) is 24.0 Å². The molecule has 0 aromatic carbocycles. The Morgan fingerprint density at radius 3 is 2.52 bits per heavy atom. The van der Waals surface area contributed by atoms with Crippen LogP contribution in [0.1, 0.15) is 39.2 Å². The van der Waals surface area contributed by atoms with E-state index in [4.69, 9.17) is 4.74 Å². The van der Waals surface area contributed by atoms with Crippen molar-refractivity contribution in [1.82, 2.24) is 20.4 Å². The molecule has 1 fully saturated rings. The zero-order valence-electron chi connectivity index (χ0n) is 18.2. The van der Waals surface area contributed by atoms with E-state index in [2.05, 4.69) is 44.3 Å². The minimum atomic E-state index is -0.443. The predicted octanol–water partition coefficient (Wildman–Crippen LogP) is 3.19. The lowest BCUT2D eigenvalue weighted by Crippen LogP contribution is -2.51. The van der Waals surface area contributed by atoms with Crippen LogP contribution in [0.2, 0.25) is 0 Å². The van der Waals surface area contributed by atoms with Crippen LogP contribution in [0.4, 0.5) is 4.79 Å². The molecule has 0 radical (unpaired) electrons. The summed E-state index contributed by atoms with van der Waals surface area (Å²) >= 11 is 1.73. The molecule has 0 bridgehead atoms. The Kier molecular flexibility index (Phi) is 11.3. The highest BCUT2D eigenvalue weighted by molar-refractivity contribution is 14.0. The number of guanidine groups is 1. The molecule has 1 unspecified atom stereocenters. The highest BCUT2D eigenvalue weighted by atomic mass is 127. The second-order valence-electron chi connectivity index (χ2n) is 8.15. The standard InChI is InChI=1S/C20H35N5O2S.HI/c1-16(17-6-13-28-15-17)14-23-18(21-5)22-7-8-24-9-11-25(12-10-24)19(26)27-20(2,3)4;/h6,13,15-16H,7-12,14H2,1-5H3,(H2,21,22,23);1H. The Bertz CT molecular complexity index is 625. The van der Waals surface area contributed by atoms with Gasteiger partial charge < -0.3 is 20.3 Å². The van der Waals surface area contributed by atoms with Crippen molar-refractivity contribution in [3.05, 3.63) is 22.4 Å². The van der Waals surface area contributed by atoms with Gasteiger partial charge in [-0.2, -0.15) is 11.3 Å². The van der Waals surface area contributed by atoms with E-state index in [1.165, 1.54) is 5.56 Å². The lowest BCUT2D eigenvalue weighted by atomic mass is 10.1. The van der Waals surface area contributed by atoms with Crippen molar-refractivity contribution in [1.29, 1.82) is 0 Å². The maximum absolute atomic E-state index is 12.1. The summed E-state index contributed by atoms with van der Waals surface area (Å²) in [4.78, 5) is 20.6. The lowest BCUT2D eigenvalue weighted by Gasteiger charge is -2.35. The monoisotopic (exact) mass is 537 g/mol. The van der Waals surface area contributed by atoms with E-state index < -0.39 is 5.60 Å². The van der Waals surface area contributed by atoms with Crippen LogP contribution in [0.15, 0.2) is 21.8 Å². The normalized spacial score (nSPS) is 16.7. The molecule has 7 nitrogen and oxygen atoms in total. The van der Waals surface area contributed by atoms with Crippen LogP contribution in [-0.4, -0.2) is 80.3 Å². The Labute approximate surface area is 196 Å². The van der Waals surface area contributed by atoms with E-state index in [1.807, 2.05) is 20.8 Å². The highest BCUT2D eigenvalue weighted by Crippen LogP contribution is 2.17. The van der Waals surface area contributed by atoms with Crippen molar-refractivity contribution in [3.8, 4) is 0 Å². The average Bonchev–Trinajstić information content (AvgIpc) is 3.18. The fourth-order valence-electron chi connectivity index (χ4n) is 2.96. The number of hydrogen-bond acceptors (Lipinski definition) is 5. The lowest BCUT2D eigenvalue weighted by molar-refractivity contribution is 0.0147. The minimum Gasteiger partial charge on any atom is -0.444 e. The number of hydrogen-bond donors (Lipinski definition) is 2. The smallest absolute Gasteiger partial charge is 0.410 e. The van der Waals surface area contributed by atoms with E-state index in [0.29, 0.717) is 19.0 Å². The Morgan fingerprint density at radius 2 is 1.97 bits per heavy atom. The summed E-state index contributed by atoms with van der Waals surface area (Å²) in [6.07, 6.45) is -0.213. The molecule has 1 saturated heterocycles. The van der Waals surface area contributed by atoms with E-state index in [1.54, 1.807) is 23.3 Å². The van der Waals surface area contributed by atoms with E-state index in [-0.39, 0.29) is 30.1 Å². The maximum atomic E-state index is 12.1. The second kappa shape index (κ2) is 12.6. The minimum absolute atomic E-state index is 0. The summed E-state index contributed by atoms with van der Waals surface area (Å²) in [5.41, 5.74) is 0.915. The number of rotatable bonds is 6. The molecule has 1 aliphatic rings. The zero-order chi connectivity index (χ0) is 20.6. The van der Waals surface area contributed by atoms with Crippen molar-refractivity contribution in [2.45, 2.75) is 39.2 Å². The summed E-state index contributed by atoms with van der Waals surface area (Å²) in [5, 5.41) is 11.1. The summed E-state index contributed by atoms with van der Waals surface area (Å²) in [6, 6.07) is 2.17. The van der Waals surface area contributed by atoms with Gasteiger partial charge >= 0.3 is 6.09 Å². The molecule has 2 N–H and O–H groups in total. The number of nitrogens with one attached hydrogen (secondary N) is 2. The Hall–Kier alpha value is -1.07. The Morgan fingerprint density at radius 1 is 1.28 bits per heavy atom. The van der Waals surface area contributed by atoms with Crippen molar-refractivity contribution >= 4 is 47.4 Å². The van der Waals surface area contributed by atoms with Crippen LogP contribution in [0.3, 0.4) is 0 Å². The van der Waals surface area contributed by atoms with Crippen molar-refractivity contribution in [2.24, 2.45) is 4.99 Å². The molecular formula is C20H36IN5O2S. The molecule has 1 aliphatic heterocycles. The maximum Gasteiger partial charge on any atom is 0.410 e. The molecule has 29 heavy (non-hydrogen) atoms. The van der Waals surface area contributed by atoms with Crippen molar-refractivity contribution in [3.63, 3.8) is 0 Å². The average molecular weight is 538 g/mol. The van der Waals surface area contributed by atoms with Crippen molar-refractivity contribution < 1.29 is 9.53 Å². The summed E-state index contributed by atoms with van der Waals surface area (Å²) < 4.78 is 5.45. The van der Waals surface area contributed by atoms with Gasteiger partial charge in [0.1, 0.15) is 5.60 Å². The molecule has 1 aromatic rings. The summed E-state index contributed by atoms with van der Waals surface area (Å²) in [7, 11) is 1.80. The fraction of sp³-hybridized carbons (Fsp3) is 0.700. The third-order valence-electron chi connectivity index (χ3n) is 4.66. The molecule has 0 saturated carbocycles. The molecule has 0 aliphatic carbocycles.